The fourth-order valence-corrected chi connectivity index (χ4v) is 2.24. The Morgan fingerprint density at radius 2 is 1.52 bits per heavy atom. The Labute approximate surface area is 122 Å². The number of carbonyl (C=O) groups is 1. The van der Waals surface area contributed by atoms with Crippen LogP contribution in [0.3, 0.4) is 0 Å². The molecule has 1 amide bonds. The van der Waals surface area contributed by atoms with Crippen molar-refractivity contribution in [3.8, 4) is 0 Å². The molecule has 4 heteroatoms. The van der Waals surface area contributed by atoms with Gasteiger partial charge in [-0.2, -0.15) is 0 Å². The number of imidazole rings is 1. The van der Waals surface area contributed by atoms with Crippen molar-refractivity contribution in [3.05, 3.63) is 90.0 Å². The minimum atomic E-state index is -0.200. The lowest BCUT2D eigenvalue weighted by Gasteiger charge is -2.19. The smallest absolute Gasteiger partial charge is 0.272 e. The third kappa shape index (κ3) is 3.00. The van der Waals surface area contributed by atoms with E-state index < -0.39 is 0 Å². The van der Waals surface area contributed by atoms with Crippen molar-refractivity contribution in [2.75, 3.05) is 0 Å². The van der Waals surface area contributed by atoms with E-state index in [0.717, 1.165) is 11.1 Å². The molecule has 0 fully saturated rings. The summed E-state index contributed by atoms with van der Waals surface area (Å²) < 4.78 is 0. The lowest BCUT2D eigenvalue weighted by molar-refractivity contribution is 0.0938. The molecule has 0 spiro atoms. The third-order valence-corrected chi connectivity index (χ3v) is 3.27. The average molecular weight is 277 g/mol. The van der Waals surface area contributed by atoms with E-state index >= 15 is 0 Å². The molecule has 0 unspecified atom stereocenters. The first kappa shape index (κ1) is 13.1. The number of aromatic nitrogens is 2. The number of aromatic amines is 1. The summed E-state index contributed by atoms with van der Waals surface area (Å²) in [6.07, 6.45) is 3.08. The van der Waals surface area contributed by atoms with Crippen molar-refractivity contribution in [2.24, 2.45) is 0 Å². The van der Waals surface area contributed by atoms with E-state index in [2.05, 4.69) is 15.3 Å². The summed E-state index contributed by atoms with van der Waals surface area (Å²) in [5, 5.41) is 3.03. The third-order valence-electron chi connectivity index (χ3n) is 3.27. The highest BCUT2D eigenvalue weighted by atomic mass is 16.1. The van der Waals surface area contributed by atoms with Crippen LogP contribution in [0.5, 0.6) is 0 Å². The maximum absolute atomic E-state index is 12.3. The number of nitrogens with zero attached hydrogens (tertiary/aromatic N) is 1. The Bertz CT molecular complexity index is 654. The van der Waals surface area contributed by atoms with Gasteiger partial charge in [0.25, 0.3) is 5.91 Å². The van der Waals surface area contributed by atoms with E-state index in [-0.39, 0.29) is 11.9 Å². The molecule has 4 nitrogen and oxygen atoms in total. The lowest BCUT2D eigenvalue weighted by Crippen LogP contribution is -2.29. The van der Waals surface area contributed by atoms with Gasteiger partial charge in [-0.05, 0) is 11.1 Å². The van der Waals surface area contributed by atoms with Crippen molar-refractivity contribution < 1.29 is 4.79 Å². The summed E-state index contributed by atoms with van der Waals surface area (Å²) in [5.41, 5.74) is 2.45. The number of carbonyl (C=O) groups excluding carboxylic acids is 1. The van der Waals surface area contributed by atoms with Crippen molar-refractivity contribution in [3.63, 3.8) is 0 Å². The SMILES string of the molecule is O=C(NC(c1ccccc1)c1ccccc1)c1c[nH]cn1. The number of hydrogen-bond donors (Lipinski definition) is 2. The molecule has 21 heavy (non-hydrogen) atoms. The summed E-state index contributed by atoms with van der Waals surface area (Å²) >= 11 is 0. The molecule has 0 aliphatic carbocycles. The Hall–Kier alpha value is -2.88. The molecular weight excluding hydrogens is 262 g/mol. The van der Waals surface area contributed by atoms with Gasteiger partial charge < -0.3 is 10.3 Å². The van der Waals surface area contributed by atoms with Crippen LogP contribution in [0.4, 0.5) is 0 Å². The van der Waals surface area contributed by atoms with Gasteiger partial charge in [0.05, 0.1) is 12.4 Å². The van der Waals surface area contributed by atoms with Gasteiger partial charge in [-0.3, -0.25) is 4.79 Å². The maximum Gasteiger partial charge on any atom is 0.272 e. The van der Waals surface area contributed by atoms with Gasteiger partial charge in [-0.25, -0.2) is 4.98 Å². The average Bonchev–Trinajstić information content (AvgIpc) is 3.09. The van der Waals surface area contributed by atoms with E-state index in [1.165, 1.54) is 6.33 Å². The fraction of sp³-hybridized carbons (Fsp3) is 0.0588. The first-order chi connectivity index (χ1) is 10.3. The van der Waals surface area contributed by atoms with Crippen molar-refractivity contribution in [1.82, 2.24) is 15.3 Å². The largest absolute Gasteiger partial charge is 0.350 e. The number of nitrogens with one attached hydrogen (secondary N) is 2. The van der Waals surface area contributed by atoms with Crippen LogP contribution in [0.15, 0.2) is 73.2 Å². The highest BCUT2D eigenvalue weighted by Gasteiger charge is 2.18. The zero-order valence-corrected chi connectivity index (χ0v) is 11.4. The predicted molar refractivity (Wildman–Crippen MR) is 80.8 cm³/mol. The second-order valence-electron chi connectivity index (χ2n) is 4.68. The van der Waals surface area contributed by atoms with Crippen LogP contribution in [0.25, 0.3) is 0 Å². The Kier molecular flexibility index (Phi) is 3.78. The molecule has 104 valence electrons. The lowest BCUT2D eigenvalue weighted by atomic mass is 9.98. The molecule has 2 aromatic carbocycles. The molecule has 0 atom stereocenters. The summed E-state index contributed by atoms with van der Waals surface area (Å²) in [4.78, 5) is 19.0. The highest BCUT2D eigenvalue weighted by molar-refractivity contribution is 5.92. The molecule has 1 aromatic heterocycles. The second-order valence-corrected chi connectivity index (χ2v) is 4.68. The number of amides is 1. The van der Waals surface area contributed by atoms with Gasteiger partial charge in [0.1, 0.15) is 5.69 Å². The molecule has 1 heterocycles. The second kappa shape index (κ2) is 6.05. The molecule has 0 aliphatic rings. The Morgan fingerprint density at radius 1 is 0.952 bits per heavy atom. The van der Waals surface area contributed by atoms with E-state index in [0.29, 0.717) is 5.69 Å². The molecule has 0 saturated heterocycles. The van der Waals surface area contributed by atoms with Gasteiger partial charge in [0.2, 0.25) is 0 Å². The quantitative estimate of drug-likeness (QED) is 0.770. The minimum absolute atomic E-state index is 0.198. The Morgan fingerprint density at radius 3 is 2.00 bits per heavy atom. The zero-order chi connectivity index (χ0) is 14.5. The summed E-state index contributed by atoms with van der Waals surface area (Å²) in [7, 11) is 0. The van der Waals surface area contributed by atoms with Crippen LogP contribution in [-0.2, 0) is 0 Å². The van der Waals surface area contributed by atoms with Gasteiger partial charge >= 0.3 is 0 Å². The van der Waals surface area contributed by atoms with Gasteiger partial charge in [-0.1, -0.05) is 60.7 Å². The molecule has 3 aromatic rings. The van der Waals surface area contributed by atoms with Crippen molar-refractivity contribution in [2.45, 2.75) is 6.04 Å². The standard InChI is InChI=1S/C17H15N3O/c21-17(15-11-18-12-19-15)20-16(13-7-3-1-4-8-13)14-9-5-2-6-10-14/h1-12,16H,(H,18,19)(H,20,21). The molecule has 0 saturated carbocycles. The van der Waals surface area contributed by atoms with E-state index in [1.54, 1.807) is 6.20 Å². The number of H-pyrrole nitrogens is 1. The maximum atomic E-state index is 12.3. The Balaban J connectivity index is 1.92. The molecule has 0 aliphatic heterocycles. The van der Waals surface area contributed by atoms with Gasteiger partial charge in [0.15, 0.2) is 0 Å². The molecular formula is C17H15N3O. The number of rotatable bonds is 4. The van der Waals surface area contributed by atoms with Crippen LogP contribution >= 0.6 is 0 Å². The summed E-state index contributed by atoms with van der Waals surface area (Å²) in [5.74, 6) is -0.200. The number of benzene rings is 2. The first-order valence-corrected chi connectivity index (χ1v) is 6.74. The van der Waals surface area contributed by atoms with Crippen LogP contribution in [0.2, 0.25) is 0 Å². The topological polar surface area (TPSA) is 57.8 Å². The van der Waals surface area contributed by atoms with E-state index in [9.17, 15) is 4.79 Å². The van der Waals surface area contributed by atoms with Crippen LogP contribution in [0, 0.1) is 0 Å². The molecule has 2 N–H and O–H groups in total. The van der Waals surface area contributed by atoms with E-state index in [4.69, 9.17) is 0 Å². The highest BCUT2D eigenvalue weighted by Crippen LogP contribution is 2.22. The minimum Gasteiger partial charge on any atom is -0.350 e. The van der Waals surface area contributed by atoms with Crippen LogP contribution < -0.4 is 5.32 Å². The number of hydrogen-bond acceptors (Lipinski definition) is 2. The molecule has 3 rings (SSSR count). The van der Waals surface area contributed by atoms with Gasteiger partial charge in [-0.15, -0.1) is 0 Å². The summed E-state index contributed by atoms with van der Waals surface area (Å²) in [6, 6.07) is 19.6. The monoisotopic (exact) mass is 277 g/mol. The summed E-state index contributed by atoms with van der Waals surface area (Å²) in [6.45, 7) is 0. The molecule has 0 radical (unpaired) electrons. The normalized spacial score (nSPS) is 10.5. The van der Waals surface area contributed by atoms with Crippen molar-refractivity contribution >= 4 is 5.91 Å². The van der Waals surface area contributed by atoms with Crippen LogP contribution in [0.1, 0.15) is 27.7 Å². The fourth-order valence-electron chi connectivity index (χ4n) is 2.24. The predicted octanol–water partition coefficient (Wildman–Crippen LogP) is 2.93. The van der Waals surface area contributed by atoms with Crippen molar-refractivity contribution in [1.29, 1.82) is 0 Å². The van der Waals surface area contributed by atoms with Gasteiger partial charge in [0, 0.05) is 6.20 Å². The zero-order valence-electron chi connectivity index (χ0n) is 11.4. The molecule has 0 bridgehead atoms. The van der Waals surface area contributed by atoms with Crippen LogP contribution in [-0.4, -0.2) is 15.9 Å². The first-order valence-electron chi connectivity index (χ1n) is 6.74. The van der Waals surface area contributed by atoms with E-state index in [1.807, 2.05) is 60.7 Å².